The van der Waals surface area contributed by atoms with E-state index in [1.165, 1.54) is 16.7 Å². The van der Waals surface area contributed by atoms with Gasteiger partial charge in [0, 0.05) is 9.65 Å². The molecule has 0 amide bonds. The lowest BCUT2D eigenvalue weighted by atomic mass is 9.98. The largest absolute Gasteiger partial charge is 0.0842 e. The molecule has 13 heavy (non-hydrogen) atoms. The molecule has 0 saturated carbocycles. The van der Waals surface area contributed by atoms with Crippen LogP contribution in [0.3, 0.4) is 0 Å². The van der Waals surface area contributed by atoms with Gasteiger partial charge < -0.3 is 0 Å². The predicted octanol–water partition coefficient (Wildman–Crippen LogP) is 4.91. The summed E-state index contributed by atoms with van der Waals surface area (Å²) in [6, 6.07) is 6.45. The molecule has 0 saturated heterocycles. The van der Waals surface area contributed by atoms with Gasteiger partial charge in [-0.15, -0.1) is 0 Å². The highest BCUT2D eigenvalue weighted by atomic mass is 79.9. The minimum atomic E-state index is 0.419. The molecule has 2 unspecified atom stereocenters. The number of alkyl halides is 2. The SMILES string of the molecule is Cc1cccc(C(C)Br)c1C(C)Br. The monoisotopic (exact) mass is 304 g/mol. The molecule has 2 atom stereocenters. The molecule has 0 aliphatic rings. The maximum absolute atomic E-state index is 3.63. The first-order chi connectivity index (χ1) is 6.04. The molecular formula is C11H14Br2. The van der Waals surface area contributed by atoms with E-state index in [9.17, 15) is 0 Å². The number of rotatable bonds is 2. The van der Waals surface area contributed by atoms with Crippen molar-refractivity contribution in [2.45, 2.75) is 30.4 Å². The van der Waals surface area contributed by atoms with Crippen molar-refractivity contribution >= 4 is 31.9 Å². The number of halogens is 2. The second kappa shape index (κ2) is 4.61. The number of benzene rings is 1. The Labute approximate surface area is 97.0 Å². The van der Waals surface area contributed by atoms with Crippen LogP contribution in [0.2, 0.25) is 0 Å². The fourth-order valence-electron chi connectivity index (χ4n) is 1.59. The Morgan fingerprint density at radius 3 is 2.08 bits per heavy atom. The van der Waals surface area contributed by atoms with Gasteiger partial charge in [0.1, 0.15) is 0 Å². The van der Waals surface area contributed by atoms with E-state index >= 15 is 0 Å². The van der Waals surface area contributed by atoms with Gasteiger partial charge in [-0.25, -0.2) is 0 Å². The summed E-state index contributed by atoms with van der Waals surface area (Å²) < 4.78 is 0. The summed E-state index contributed by atoms with van der Waals surface area (Å²) in [6.07, 6.45) is 0. The van der Waals surface area contributed by atoms with E-state index in [0.29, 0.717) is 9.65 Å². The fraction of sp³-hybridized carbons (Fsp3) is 0.455. The van der Waals surface area contributed by atoms with Gasteiger partial charge in [-0.3, -0.25) is 0 Å². The zero-order chi connectivity index (χ0) is 10.0. The predicted molar refractivity (Wildman–Crippen MR) is 65.9 cm³/mol. The van der Waals surface area contributed by atoms with Gasteiger partial charge in [-0.2, -0.15) is 0 Å². The maximum atomic E-state index is 3.63. The molecule has 1 aromatic rings. The van der Waals surface area contributed by atoms with Crippen LogP contribution < -0.4 is 0 Å². The summed E-state index contributed by atoms with van der Waals surface area (Å²) in [5.41, 5.74) is 4.14. The molecule has 0 fully saturated rings. The van der Waals surface area contributed by atoms with Gasteiger partial charge in [-0.05, 0) is 37.5 Å². The van der Waals surface area contributed by atoms with E-state index in [1.54, 1.807) is 0 Å². The van der Waals surface area contributed by atoms with Gasteiger partial charge >= 0.3 is 0 Å². The van der Waals surface area contributed by atoms with Crippen LogP contribution in [0.1, 0.15) is 40.2 Å². The zero-order valence-corrected chi connectivity index (χ0v) is 11.3. The van der Waals surface area contributed by atoms with Gasteiger partial charge in [-0.1, -0.05) is 50.1 Å². The lowest BCUT2D eigenvalue weighted by Crippen LogP contribution is -1.97. The van der Waals surface area contributed by atoms with Crippen LogP contribution in [0, 0.1) is 6.92 Å². The van der Waals surface area contributed by atoms with Crippen LogP contribution in [-0.4, -0.2) is 0 Å². The zero-order valence-electron chi connectivity index (χ0n) is 8.14. The molecule has 0 aromatic heterocycles. The van der Waals surface area contributed by atoms with Gasteiger partial charge in [0.15, 0.2) is 0 Å². The van der Waals surface area contributed by atoms with Crippen molar-refractivity contribution in [3.05, 3.63) is 34.9 Å². The van der Waals surface area contributed by atoms with Crippen LogP contribution in [0.4, 0.5) is 0 Å². The van der Waals surface area contributed by atoms with Crippen LogP contribution in [0.15, 0.2) is 18.2 Å². The van der Waals surface area contributed by atoms with Crippen molar-refractivity contribution in [3.63, 3.8) is 0 Å². The third kappa shape index (κ3) is 2.57. The molecule has 0 radical (unpaired) electrons. The lowest BCUT2D eigenvalue weighted by Gasteiger charge is -2.16. The highest BCUT2D eigenvalue weighted by Crippen LogP contribution is 2.34. The fourth-order valence-corrected chi connectivity index (χ4v) is 2.62. The first-order valence-electron chi connectivity index (χ1n) is 4.41. The molecule has 0 N–H and O–H groups in total. The Hall–Kier alpha value is 0.180. The molecule has 72 valence electrons. The molecule has 1 rings (SSSR count). The standard InChI is InChI=1S/C11H14Br2/c1-7-5-4-6-10(8(2)12)11(7)9(3)13/h4-6,8-9H,1-3H3. The summed E-state index contributed by atoms with van der Waals surface area (Å²) in [7, 11) is 0. The average molecular weight is 306 g/mol. The minimum Gasteiger partial charge on any atom is -0.0842 e. The molecule has 0 heterocycles. The summed E-state index contributed by atoms with van der Waals surface area (Å²) in [5.74, 6) is 0. The highest BCUT2D eigenvalue weighted by molar-refractivity contribution is 9.09. The molecular weight excluding hydrogens is 292 g/mol. The Balaban J connectivity index is 3.26. The molecule has 0 bridgehead atoms. The molecule has 0 aliphatic heterocycles. The van der Waals surface area contributed by atoms with E-state index in [2.05, 4.69) is 70.8 Å². The molecule has 0 aliphatic carbocycles. The van der Waals surface area contributed by atoms with E-state index < -0.39 is 0 Å². The lowest BCUT2D eigenvalue weighted by molar-refractivity contribution is 1.00. The van der Waals surface area contributed by atoms with Crippen molar-refractivity contribution < 1.29 is 0 Å². The summed E-state index contributed by atoms with van der Waals surface area (Å²) >= 11 is 7.25. The quantitative estimate of drug-likeness (QED) is 0.681. The van der Waals surface area contributed by atoms with Gasteiger partial charge in [0.2, 0.25) is 0 Å². The number of hydrogen-bond donors (Lipinski definition) is 0. The molecule has 1 aromatic carbocycles. The van der Waals surface area contributed by atoms with Crippen molar-refractivity contribution in [2.24, 2.45) is 0 Å². The van der Waals surface area contributed by atoms with E-state index in [1.807, 2.05) is 0 Å². The summed E-state index contributed by atoms with van der Waals surface area (Å²) in [5, 5.41) is 0. The highest BCUT2D eigenvalue weighted by Gasteiger charge is 2.13. The first-order valence-corrected chi connectivity index (χ1v) is 6.24. The van der Waals surface area contributed by atoms with E-state index in [0.717, 1.165) is 0 Å². The molecule has 0 nitrogen and oxygen atoms in total. The Morgan fingerprint density at radius 1 is 1.08 bits per heavy atom. The average Bonchev–Trinajstić information content (AvgIpc) is 2.02. The second-order valence-electron chi connectivity index (χ2n) is 3.31. The van der Waals surface area contributed by atoms with Crippen LogP contribution in [0.5, 0.6) is 0 Å². The van der Waals surface area contributed by atoms with Crippen molar-refractivity contribution in [3.8, 4) is 0 Å². The van der Waals surface area contributed by atoms with Crippen LogP contribution in [0.25, 0.3) is 0 Å². The Kier molecular flexibility index (Phi) is 3.99. The first kappa shape index (κ1) is 11.3. The third-order valence-corrected chi connectivity index (χ3v) is 3.14. The Bertz CT molecular complexity index is 290. The molecule has 0 spiro atoms. The number of aryl methyl sites for hydroxylation is 1. The van der Waals surface area contributed by atoms with Gasteiger partial charge in [0.05, 0.1) is 0 Å². The maximum Gasteiger partial charge on any atom is 0.0372 e. The third-order valence-electron chi connectivity index (χ3n) is 2.18. The van der Waals surface area contributed by atoms with Crippen molar-refractivity contribution in [1.82, 2.24) is 0 Å². The van der Waals surface area contributed by atoms with E-state index in [-0.39, 0.29) is 0 Å². The topological polar surface area (TPSA) is 0 Å². The summed E-state index contributed by atoms with van der Waals surface area (Å²) in [6.45, 7) is 6.49. The second-order valence-corrected chi connectivity index (χ2v) is 6.06. The summed E-state index contributed by atoms with van der Waals surface area (Å²) in [4.78, 5) is 0.839. The Morgan fingerprint density at radius 2 is 1.69 bits per heavy atom. The molecule has 2 heteroatoms. The smallest absolute Gasteiger partial charge is 0.0372 e. The number of hydrogen-bond acceptors (Lipinski definition) is 0. The van der Waals surface area contributed by atoms with Crippen molar-refractivity contribution in [2.75, 3.05) is 0 Å². The van der Waals surface area contributed by atoms with Crippen LogP contribution in [-0.2, 0) is 0 Å². The van der Waals surface area contributed by atoms with E-state index in [4.69, 9.17) is 0 Å². The normalized spacial score (nSPS) is 15.5. The minimum absolute atomic E-state index is 0.419. The van der Waals surface area contributed by atoms with Gasteiger partial charge in [0.25, 0.3) is 0 Å². The van der Waals surface area contributed by atoms with Crippen LogP contribution >= 0.6 is 31.9 Å². The van der Waals surface area contributed by atoms with Crippen molar-refractivity contribution in [1.29, 1.82) is 0 Å².